The summed E-state index contributed by atoms with van der Waals surface area (Å²) in [6.45, 7) is 5.08. The van der Waals surface area contributed by atoms with E-state index in [1.165, 1.54) is 19.4 Å². The monoisotopic (exact) mass is 408 g/mol. The van der Waals surface area contributed by atoms with Gasteiger partial charge in [-0.1, -0.05) is 42.0 Å². The Morgan fingerprint density at radius 3 is 2.33 bits per heavy atom. The topological polar surface area (TPSA) is 88.0 Å². The van der Waals surface area contributed by atoms with Gasteiger partial charge in [-0.05, 0) is 56.9 Å². The SMILES string of the molecule is Cc1ccc(CC2N=C(CCCc3ccc(OC(C)(C)C(=O)O)cc3)NC2=O)cc1. The lowest BCUT2D eigenvalue weighted by atomic mass is 10.1. The number of aliphatic carboxylic acids is 1. The summed E-state index contributed by atoms with van der Waals surface area (Å²) in [5.41, 5.74) is 2.16. The van der Waals surface area contributed by atoms with Crippen LogP contribution in [0.25, 0.3) is 0 Å². The van der Waals surface area contributed by atoms with E-state index in [9.17, 15) is 9.59 Å². The van der Waals surface area contributed by atoms with Crippen LogP contribution in [0, 0.1) is 6.92 Å². The van der Waals surface area contributed by atoms with Crippen molar-refractivity contribution in [1.29, 1.82) is 0 Å². The quantitative estimate of drug-likeness (QED) is 0.662. The highest BCUT2D eigenvalue weighted by molar-refractivity contribution is 6.05. The fraction of sp³-hybridized carbons (Fsp3) is 0.375. The maximum Gasteiger partial charge on any atom is 0.347 e. The molecule has 0 radical (unpaired) electrons. The third-order valence-electron chi connectivity index (χ3n) is 5.12. The van der Waals surface area contributed by atoms with E-state index in [0.717, 1.165) is 29.8 Å². The van der Waals surface area contributed by atoms with Crippen LogP contribution in [0.15, 0.2) is 53.5 Å². The Balaban J connectivity index is 1.48. The first-order valence-electron chi connectivity index (χ1n) is 10.2. The van der Waals surface area contributed by atoms with Gasteiger partial charge in [-0.15, -0.1) is 0 Å². The van der Waals surface area contributed by atoms with Crippen LogP contribution in [-0.4, -0.2) is 34.5 Å². The molecule has 6 heteroatoms. The molecule has 158 valence electrons. The van der Waals surface area contributed by atoms with Crippen LogP contribution in [0.4, 0.5) is 0 Å². The summed E-state index contributed by atoms with van der Waals surface area (Å²) >= 11 is 0. The van der Waals surface area contributed by atoms with Gasteiger partial charge >= 0.3 is 5.97 Å². The predicted octanol–water partition coefficient (Wildman–Crippen LogP) is 3.70. The Morgan fingerprint density at radius 1 is 1.07 bits per heavy atom. The maximum absolute atomic E-state index is 12.2. The fourth-order valence-corrected chi connectivity index (χ4v) is 3.24. The smallest absolute Gasteiger partial charge is 0.347 e. The molecule has 0 saturated heterocycles. The van der Waals surface area contributed by atoms with Crippen LogP contribution in [0.3, 0.4) is 0 Å². The standard InChI is InChI=1S/C24H28N2O4/c1-16-7-9-18(10-8-16)15-20-22(27)26-21(25-20)6-4-5-17-11-13-19(14-12-17)30-24(2,3)23(28)29/h7-14,20H,4-6,15H2,1-3H3,(H,28,29)(H,25,26,27). The molecule has 1 aliphatic heterocycles. The van der Waals surface area contributed by atoms with Gasteiger partial charge in [-0.25, -0.2) is 4.79 Å². The molecule has 6 nitrogen and oxygen atoms in total. The van der Waals surface area contributed by atoms with Crippen LogP contribution < -0.4 is 10.1 Å². The molecule has 2 aromatic rings. The van der Waals surface area contributed by atoms with Gasteiger partial charge in [0.15, 0.2) is 5.60 Å². The van der Waals surface area contributed by atoms with Crippen molar-refractivity contribution in [3.63, 3.8) is 0 Å². The molecule has 1 aliphatic rings. The van der Waals surface area contributed by atoms with Crippen molar-refractivity contribution in [2.75, 3.05) is 0 Å². The predicted molar refractivity (Wildman–Crippen MR) is 116 cm³/mol. The molecule has 1 heterocycles. The number of ether oxygens (including phenoxy) is 1. The molecule has 0 fully saturated rings. The zero-order valence-corrected chi connectivity index (χ0v) is 17.6. The Kier molecular flexibility index (Phi) is 6.55. The van der Waals surface area contributed by atoms with Crippen molar-refractivity contribution >= 4 is 17.7 Å². The Hall–Kier alpha value is -3.15. The first-order valence-corrected chi connectivity index (χ1v) is 10.2. The number of aryl methyl sites for hydroxylation is 2. The largest absolute Gasteiger partial charge is 0.478 e. The highest BCUT2D eigenvalue weighted by atomic mass is 16.5. The minimum atomic E-state index is -1.27. The van der Waals surface area contributed by atoms with Crippen molar-refractivity contribution in [1.82, 2.24) is 5.32 Å². The number of benzene rings is 2. The normalized spacial score (nSPS) is 16.2. The lowest BCUT2D eigenvalue weighted by molar-refractivity contribution is -0.152. The van der Waals surface area contributed by atoms with Crippen LogP contribution in [0.1, 0.15) is 43.4 Å². The molecule has 0 saturated carbocycles. The molecular weight excluding hydrogens is 380 g/mol. The van der Waals surface area contributed by atoms with Crippen molar-refractivity contribution in [3.05, 3.63) is 65.2 Å². The molecule has 3 rings (SSSR count). The minimum Gasteiger partial charge on any atom is -0.478 e. The summed E-state index contributed by atoms with van der Waals surface area (Å²) in [7, 11) is 0. The molecule has 0 bridgehead atoms. The number of hydrogen-bond donors (Lipinski definition) is 2. The molecule has 0 aromatic heterocycles. The fourth-order valence-electron chi connectivity index (χ4n) is 3.24. The van der Waals surface area contributed by atoms with Gasteiger partial charge in [0.25, 0.3) is 0 Å². The van der Waals surface area contributed by atoms with Crippen LogP contribution in [-0.2, 0) is 22.4 Å². The molecule has 0 aliphatic carbocycles. The maximum atomic E-state index is 12.2. The van der Waals surface area contributed by atoms with Gasteiger partial charge in [0.2, 0.25) is 5.91 Å². The average Bonchev–Trinajstić information content (AvgIpc) is 3.04. The first-order chi connectivity index (χ1) is 14.2. The Labute approximate surface area is 177 Å². The van der Waals surface area contributed by atoms with Crippen LogP contribution in [0.5, 0.6) is 5.75 Å². The summed E-state index contributed by atoms with van der Waals surface area (Å²) in [6, 6.07) is 15.3. The van der Waals surface area contributed by atoms with Gasteiger partial charge in [0, 0.05) is 12.8 Å². The molecule has 2 aromatic carbocycles. The highest BCUT2D eigenvalue weighted by Crippen LogP contribution is 2.20. The van der Waals surface area contributed by atoms with Crippen molar-refractivity contribution in [3.8, 4) is 5.75 Å². The second-order valence-corrected chi connectivity index (χ2v) is 8.19. The summed E-state index contributed by atoms with van der Waals surface area (Å²) in [5, 5.41) is 12.0. The van der Waals surface area contributed by atoms with E-state index in [-0.39, 0.29) is 11.9 Å². The number of carbonyl (C=O) groups is 2. The lowest BCUT2D eigenvalue weighted by Crippen LogP contribution is -2.37. The number of amides is 1. The van der Waals surface area contributed by atoms with Gasteiger partial charge < -0.3 is 15.2 Å². The molecule has 1 atom stereocenters. The summed E-state index contributed by atoms with van der Waals surface area (Å²) < 4.78 is 5.52. The Bertz CT molecular complexity index is 931. The number of hydrogen-bond acceptors (Lipinski definition) is 4. The van der Waals surface area contributed by atoms with E-state index >= 15 is 0 Å². The lowest BCUT2D eigenvalue weighted by Gasteiger charge is -2.21. The second-order valence-electron chi connectivity index (χ2n) is 8.19. The zero-order valence-electron chi connectivity index (χ0n) is 17.6. The second kappa shape index (κ2) is 9.11. The number of aliphatic imine (C=N–C) groups is 1. The average molecular weight is 408 g/mol. The Morgan fingerprint density at radius 2 is 1.70 bits per heavy atom. The minimum absolute atomic E-state index is 0.0341. The molecule has 2 N–H and O–H groups in total. The number of carboxylic acid groups (broad SMARTS) is 1. The molecule has 30 heavy (non-hydrogen) atoms. The third kappa shape index (κ3) is 5.69. The van der Waals surface area contributed by atoms with Gasteiger partial charge in [-0.2, -0.15) is 0 Å². The van der Waals surface area contributed by atoms with Crippen LogP contribution >= 0.6 is 0 Å². The zero-order chi connectivity index (χ0) is 21.7. The van der Waals surface area contributed by atoms with Crippen molar-refractivity contribution in [2.24, 2.45) is 4.99 Å². The molecule has 0 spiro atoms. The highest BCUT2D eigenvalue weighted by Gasteiger charge is 2.29. The van der Waals surface area contributed by atoms with Crippen molar-refractivity contribution < 1.29 is 19.4 Å². The first kappa shape index (κ1) is 21.6. The number of nitrogens with one attached hydrogen (secondary N) is 1. The number of carbonyl (C=O) groups excluding carboxylic acids is 1. The third-order valence-corrected chi connectivity index (χ3v) is 5.12. The summed E-state index contributed by atoms with van der Waals surface area (Å²) in [6.07, 6.45) is 3.02. The molecule has 1 unspecified atom stereocenters. The molecular formula is C24H28N2O4. The van der Waals surface area contributed by atoms with Gasteiger partial charge in [-0.3, -0.25) is 9.79 Å². The van der Waals surface area contributed by atoms with Crippen molar-refractivity contribution in [2.45, 2.75) is 58.1 Å². The van der Waals surface area contributed by atoms with E-state index in [2.05, 4.69) is 10.3 Å². The van der Waals surface area contributed by atoms with Gasteiger partial charge in [0.05, 0.1) is 0 Å². The number of rotatable bonds is 9. The summed E-state index contributed by atoms with van der Waals surface area (Å²) in [4.78, 5) is 27.9. The number of amidine groups is 1. The summed E-state index contributed by atoms with van der Waals surface area (Å²) in [5.74, 6) is 0.234. The van der Waals surface area contributed by atoms with E-state index in [1.807, 2.05) is 43.3 Å². The molecule has 1 amide bonds. The van der Waals surface area contributed by atoms with E-state index in [4.69, 9.17) is 9.84 Å². The van der Waals surface area contributed by atoms with Crippen LogP contribution in [0.2, 0.25) is 0 Å². The number of carboxylic acids is 1. The van der Waals surface area contributed by atoms with Gasteiger partial charge in [0.1, 0.15) is 17.6 Å². The van der Waals surface area contributed by atoms with E-state index in [0.29, 0.717) is 18.6 Å². The van der Waals surface area contributed by atoms with E-state index < -0.39 is 11.6 Å². The van der Waals surface area contributed by atoms with E-state index in [1.54, 1.807) is 12.1 Å². The number of nitrogens with zero attached hydrogens (tertiary/aromatic N) is 1.